The lowest BCUT2D eigenvalue weighted by atomic mass is 9.99. The van der Waals surface area contributed by atoms with E-state index < -0.39 is 18.8 Å². The van der Waals surface area contributed by atoms with Gasteiger partial charge in [-0.25, -0.2) is 9.78 Å². The molecule has 1 aliphatic heterocycles. The summed E-state index contributed by atoms with van der Waals surface area (Å²) in [7, 11) is 1.82. The van der Waals surface area contributed by atoms with Gasteiger partial charge in [-0.2, -0.15) is 13.2 Å². The van der Waals surface area contributed by atoms with Crippen molar-refractivity contribution < 1.29 is 32.2 Å². The molecule has 2 aromatic rings. The zero-order valence-corrected chi connectivity index (χ0v) is 17.1. The molecule has 3 heterocycles. The first-order valence-corrected chi connectivity index (χ1v) is 9.99. The Morgan fingerprint density at radius 3 is 2.68 bits per heavy atom. The molecule has 2 aromatic heterocycles. The van der Waals surface area contributed by atoms with Gasteiger partial charge in [0.1, 0.15) is 5.69 Å². The van der Waals surface area contributed by atoms with Gasteiger partial charge in [0, 0.05) is 44.5 Å². The number of rotatable bonds is 7. The standard InChI is InChI=1S/C21H24F3N3O4/c1-26-10-4-6-17(26)19(28)27-11-3-2-5-16(27)9-12-30-20(29)15-7-8-18(25-13-15)31-14-21(22,23)24/h4,6-8,10,13,16H,2-3,5,9,11-12,14H2,1H3. The molecule has 0 N–H and O–H groups in total. The third-order valence-corrected chi connectivity index (χ3v) is 5.09. The third kappa shape index (κ3) is 6.22. The largest absolute Gasteiger partial charge is 0.468 e. The fraction of sp³-hybridized carbons (Fsp3) is 0.476. The molecule has 7 nitrogen and oxygen atoms in total. The van der Waals surface area contributed by atoms with Crippen molar-refractivity contribution in [2.45, 2.75) is 37.9 Å². The number of ether oxygens (including phenoxy) is 2. The van der Waals surface area contributed by atoms with Crippen LogP contribution in [0.1, 0.15) is 46.5 Å². The summed E-state index contributed by atoms with van der Waals surface area (Å²) in [6.07, 6.45) is 1.73. The number of pyridine rings is 1. The second kappa shape index (κ2) is 9.84. The average Bonchev–Trinajstić information content (AvgIpc) is 3.18. The topological polar surface area (TPSA) is 73.7 Å². The third-order valence-electron chi connectivity index (χ3n) is 5.09. The van der Waals surface area contributed by atoms with E-state index in [2.05, 4.69) is 9.72 Å². The molecule has 1 unspecified atom stereocenters. The highest BCUT2D eigenvalue weighted by Crippen LogP contribution is 2.22. The molecule has 10 heteroatoms. The minimum Gasteiger partial charge on any atom is -0.468 e. The Labute approximate surface area is 177 Å². The quantitative estimate of drug-likeness (QED) is 0.617. The molecule has 1 atom stereocenters. The Kier molecular flexibility index (Phi) is 7.19. The van der Waals surface area contributed by atoms with Gasteiger partial charge in [-0.1, -0.05) is 0 Å². The number of aryl methyl sites for hydroxylation is 1. The first-order chi connectivity index (χ1) is 14.7. The fourth-order valence-corrected chi connectivity index (χ4v) is 3.51. The van der Waals surface area contributed by atoms with Crippen molar-refractivity contribution in [2.24, 2.45) is 7.05 Å². The minimum atomic E-state index is -4.46. The second-order valence-corrected chi connectivity index (χ2v) is 7.37. The molecule has 0 aliphatic carbocycles. The molecule has 0 saturated carbocycles. The molecule has 31 heavy (non-hydrogen) atoms. The van der Waals surface area contributed by atoms with E-state index >= 15 is 0 Å². The summed E-state index contributed by atoms with van der Waals surface area (Å²) in [6, 6.07) is 6.06. The summed E-state index contributed by atoms with van der Waals surface area (Å²) >= 11 is 0. The SMILES string of the molecule is Cn1cccc1C(=O)N1CCCCC1CCOC(=O)c1ccc(OCC(F)(F)F)nc1. The Morgan fingerprint density at radius 1 is 1.23 bits per heavy atom. The zero-order chi connectivity index (χ0) is 22.4. The molecule has 0 bridgehead atoms. The second-order valence-electron chi connectivity index (χ2n) is 7.37. The molecule has 1 fully saturated rings. The van der Waals surface area contributed by atoms with E-state index in [1.165, 1.54) is 12.1 Å². The van der Waals surface area contributed by atoms with E-state index in [0.717, 1.165) is 25.5 Å². The molecular formula is C21H24F3N3O4. The van der Waals surface area contributed by atoms with Crippen LogP contribution in [-0.2, 0) is 11.8 Å². The van der Waals surface area contributed by atoms with Gasteiger partial charge < -0.3 is 18.9 Å². The van der Waals surface area contributed by atoms with Crippen LogP contribution in [-0.4, -0.2) is 58.3 Å². The van der Waals surface area contributed by atoms with Crippen molar-refractivity contribution in [1.82, 2.24) is 14.5 Å². The maximum absolute atomic E-state index is 12.9. The number of likely N-dealkylation sites (tertiary alicyclic amines) is 1. The van der Waals surface area contributed by atoms with Crippen LogP contribution in [0.25, 0.3) is 0 Å². The Hall–Kier alpha value is -3.04. The molecule has 0 radical (unpaired) electrons. The lowest BCUT2D eigenvalue weighted by Crippen LogP contribution is -2.44. The van der Waals surface area contributed by atoms with E-state index in [1.54, 1.807) is 10.6 Å². The first-order valence-electron chi connectivity index (χ1n) is 9.99. The number of esters is 1. The lowest BCUT2D eigenvalue weighted by molar-refractivity contribution is -0.154. The molecule has 3 rings (SSSR count). The number of hydrogen-bond acceptors (Lipinski definition) is 5. The lowest BCUT2D eigenvalue weighted by Gasteiger charge is -2.35. The number of hydrogen-bond donors (Lipinski definition) is 0. The molecule has 1 amide bonds. The molecule has 0 aromatic carbocycles. The molecule has 1 saturated heterocycles. The Morgan fingerprint density at radius 2 is 2.03 bits per heavy atom. The van der Waals surface area contributed by atoms with Gasteiger partial charge in [-0.05, 0) is 37.5 Å². The smallest absolute Gasteiger partial charge is 0.422 e. The van der Waals surface area contributed by atoms with Crippen molar-refractivity contribution in [3.8, 4) is 5.88 Å². The van der Waals surface area contributed by atoms with Crippen LogP contribution < -0.4 is 4.74 Å². The molecule has 168 valence electrons. The van der Waals surface area contributed by atoms with Gasteiger partial charge in [0.05, 0.1) is 12.2 Å². The summed E-state index contributed by atoms with van der Waals surface area (Å²) in [6.45, 7) is -0.679. The monoisotopic (exact) mass is 439 g/mol. The predicted molar refractivity (Wildman–Crippen MR) is 105 cm³/mol. The maximum Gasteiger partial charge on any atom is 0.422 e. The van der Waals surface area contributed by atoms with Crippen molar-refractivity contribution in [1.29, 1.82) is 0 Å². The van der Waals surface area contributed by atoms with E-state index in [1.807, 2.05) is 24.2 Å². The summed E-state index contributed by atoms with van der Waals surface area (Å²) in [4.78, 5) is 30.6. The molecule has 1 aliphatic rings. The van der Waals surface area contributed by atoms with Crippen LogP contribution in [0.5, 0.6) is 5.88 Å². The van der Waals surface area contributed by atoms with Gasteiger partial charge in [0.15, 0.2) is 6.61 Å². The Bertz CT molecular complexity index is 896. The van der Waals surface area contributed by atoms with Crippen molar-refractivity contribution >= 4 is 11.9 Å². The average molecular weight is 439 g/mol. The van der Waals surface area contributed by atoms with E-state index in [9.17, 15) is 22.8 Å². The number of alkyl halides is 3. The van der Waals surface area contributed by atoms with E-state index in [-0.39, 0.29) is 30.0 Å². The van der Waals surface area contributed by atoms with E-state index in [4.69, 9.17) is 4.74 Å². The number of aromatic nitrogens is 2. The number of carbonyl (C=O) groups is 2. The number of nitrogens with zero attached hydrogens (tertiary/aromatic N) is 3. The van der Waals surface area contributed by atoms with Gasteiger partial charge in [0.2, 0.25) is 5.88 Å². The van der Waals surface area contributed by atoms with Gasteiger partial charge in [0.25, 0.3) is 5.91 Å². The van der Waals surface area contributed by atoms with Gasteiger partial charge in [-0.15, -0.1) is 0 Å². The highest BCUT2D eigenvalue weighted by atomic mass is 19.4. The van der Waals surface area contributed by atoms with Crippen molar-refractivity contribution in [3.63, 3.8) is 0 Å². The Balaban J connectivity index is 1.50. The van der Waals surface area contributed by atoms with Crippen LogP contribution in [0.3, 0.4) is 0 Å². The van der Waals surface area contributed by atoms with Crippen molar-refractivity contribution in [2.75, 3.05) is 19.8 Å². The van der Waals surface area contributed by atoms with Crippen LogP contribution in [0.4, 0.5) is 13.2 Å². The predicted octanol–water partition coefficient (Wildman–Crippen LogP) is 3.60. The summed E-state index contributed by atoms with van der Waals surface area (Å²) < 4.78 is 48.1. The number of amides is 1. The van der Waals surface area contributed by atoms with Gasteiger partial charge in [-0.3, -0.25) is 4.79 Å². The van der Waals surface area contributed by atoms with Crippen molar-refractivity contribution in [3.05, 3.63) is 47.9 Å². The normalized spacial score (nSPS) is 16.8. The molecule has 0 spiro atoms. The van der Waals surface area contributed by atoms with E-state index in [0.29, 0.717) is 18.7 Å². The number of halogens is 3. The number of piperidine rings is 1. The highest BCUT2D eigenvalue weighted by Gasteiger charge is 2.29. The number of carbonyl (C=O) groups excluding carboxylic acids is 2. The summed E-state index contributed by atoms with van der Waals surface area (Å²) in [5, 5.41) is 0. The first kappa shape index (κ1) is 22.6. The van der Waals surface area contributed by atoms with Crippen LogP contribution in [0.15, 0.2) is 36.7 Å². The fourth-order valence-electron chi connectivity index (χ4n) is 3.51. The van der Waals surface area contributed by atoms with Crippen LogP contribution in [0.2, 0.25) is 0 Å². The summed E-state index contributed by atoms with van der Waals surface area (Å²) in [5.41, 5.74) is 0.725. The minimum absolute atomic E-state index is 0.0276. The molecular weight excluding hydrogens is 415 g/mol. The maximum atomic E-state index is 12.9. The van der Waals surface area contributed by atoms with Gasteiger partial charge >= 0.3 is 12.1 Å². The van der Waals surface area contributed by atoms with Crippen LogP contribution >= 0.6 is 0 Å². The summed E-state index contributed by atoms with van der Waals surface area (Å²) in [5.74, 6) is -0.904. The zero-order valence-electron chi connectivity index (χ0n) is 17.1. The highest BCUT2D eigenvalue weighted by molar-refractivity contribution is 5.93. The van der Waals surface area contributed by atoms with Crippen LogP contribution in [0, 0.1) is 0 Å².